The molecule has 7 heteroatoms. The lowest BCUT2D eigenvalue weighted by Gasteiger charge is -2.29. The van der Waals surface area contributed by atoms with Crippen LogP contribution in [0.5, 0.6) is 11.5 Å². The van der Waals surface area contributed by atoms with Crippen LogP contribution in [0.2, 0.25) is 10.0 Å². The quantitative estimate of drug-likeness (QED) is 0.414. The van der Waals surface area contributed by atoms with Crippen LogP contribution in [0.25, 0.3) is 6.08 Å². The van der Waals surface area contributed by atoms with Gasteiger partial charge in [0.2, 0.25) is 5.78 Å². The van der Waals surface area contributed by atoms with Gasteiger partial charge in [-0.3, -0.25) is 9.69 Å². The minimum Gasteiger partial charge on any atom is -0.478 e. The molecule has 0 atom stereocenters. The van der Waals surface area contributed by atoms with E-state index in [0.29, 0.717) is 40.4 Å². The predicted molar refractivity (Wildman–Crippen MR) is 125 cm³/mol. The Bertz CT molecular complexity index is 1220. The molecule has 5 rings (SSSR count). The molecule has 0 saturated heterocycles. The van der Waals surface area contributed by atoms with Gasteiger partial charge in [-0.1, -0.05) is 29.3 Å². The second-order valence-electron chi connectivity index (χ2n) is 7.64. The summed E-state index contributed by atoms with van der Waals surface area (Å²) < 4.78 is 12.0. The average Bonchev–Trinajstić information content (AvgIpc) is 3.30. The van der Waals surface area contributed by atoms with Crippen molar-refractivity contribution in [1.82, 2.24) is 4.90 Å². The van der Waals surface area contributed by atoms with Gasteiger partial charge >= 0.3 is 0 Å². The fraction of sp³-hybridized carbons (Fsp3) is 0.208. The van der Waals surface area contributed by atoms with Crippen molar-refractivity contribution >= 4 is 46.4 Å². The lowest BCUT2D eigenvalue weighted by Crippen LogP contribution is -2.33. The zero-order chi connectivity index (χ0) is 21.5. The maximum atomic E-state index is 12.9. The first-order chi connectivity index (χ1) is 15.0. The molecule has 0 bridgehead atoms. The highest BCUT2D eigenvalue weighted by Crippen LogP contribution is 2.42. The number of nitrogens with zero attached hydrogens (tertiary/aromatic N) is 1. The molecule has 0 spiro atoms. The van der Waals surface area contributed by atoms with E-state index in [1.807, 2.05) is 42.6 Å². The van der Waals surface area contributed by atoms with E-state index in [0.717, 1.165) is 40.3 Å². The summed E-state index contributed by atoms with van der Waals surface area (Å²) in [6.45, 7) is 3.90. The standard InChI is InChI=1S/C24H19Cl2NO3S/c1-14-7-9-31-22(14)11-21-23(28)17-4-5-20-18(24(17)30-21)12-27(13-29-20)8-6-15-2-3-16(25)10-19(15)26/h2-5,7,9-11H,6,8,12-13H2,1H3/b21-11-. The summed E-state index contributed by atoms with van der Waals surface area (Å²) in [6.07, 6.45) is 2.60. The van der Waals surface area contributed by atoms with Gasteiger partial charge < -0.3 is 9.47 Å². The number of benzene rings is 2. The SMILES string of the molecule is Cc1ccsc1/C=C1\Oc2c(ccc3c2CN(CCc2ccc(Cl)cc2Cl)CO3)C1=O. The number of carbonyl (C=O) groups is 1. The van der Waals surface area contributed by atoms with E-state index in [1.165, 1.54) is 0 Å². The number of allylic oxidation sites excluding steroid dienone is 1. The van der Waals surface area contributed by atoms with Crippen LogP contribution in [0.3, 0.4) is 0 Å². The van der Waals surface area contributed by atoms with Gasteiger partial charge in [-0.15, -0.1) is 11.3 Å². The lowest BCUT2D eigenvalue weighted by atomic mass is 10.0. The molecule has 0 radical (unpaired) electrons. The number of thiophene rings is 1. The molecule has 0 saturated carbocycles. The first kappa shape index (κ1) is 20.6. The molecule has 0 amide bonds. The molecule has 0 N–H and O–H groups in total. The van der Waals surface area contributed by atoms with E-state index in [2.05, 4.69) is 4.90 Å². The van der Waals surface area contributed by atoms with Gasteiger partial charge in [-0.05, 0) is 60.2 Å². The Hall–Kier alpha value is -2.31. The van der Waals surface area contributed by atoms with Gasteiger partial charge in [-0.2, -0.15) is 0 Å². The maximum absolute atomic E-state index is 12.9. The van der Waals surface area contributed by atoms with Crippen molar-refractivity contribution in [2.24, 2.45) is 0 Å². The van der Waals surface area contributed by atoms with Crippen LogP contribution in [0, 0.1) is 6.92 Å². The fourth-order valence-corrected chi connectivity index (χ4v) is 5.15. The van der Waals surface area contributed by atoms with Crippen LogP contribution in [0.4, 0.5) is 0 Å². The topological polar surface area (TPSA) is 38.8 Å². The maximum Gasteiger partial charge on any atom is 0.232 e. The molecule has 2 aliphatic rings. The predicted octanol–water partition coefficient (Wildman–Crippen LogP) is 6.37. The number of ether oxygens (including phenoxy) is 2. The van der Waals surface area contributed by atoms with Crippen molar-refractivity contribution in [3.63, 3.8) is 0 Å². The monoisotopic (exact) mass is 471 g/mol. The second-order valence-corrected chi connectivity index (χ2v) is 9.43. The third-order valence-corrected chi connectivity index (χ3v) is 7.11. The number of halogens is 2. The zero-order valence-corrected chi connectivity index (χ0v) is 19.1. The van der Waals surface area contributed by atoms with Crippen molar-refractivity contribution in [1.29, 1.82) is 0 Å². The smallest absolute Gasteiger partial charge is 0.232 e. The van der Waals surface area contributed by atoms with E-state index in [4.69, 9.17) is 32.7 Å². The van der Waals surface area contributed by atoms with E-state index >= 15 is 0 Å². The minimum absolute atomic E-state index is 0.0873. The van der Waals surface area contributed by atoms with Crippen LogP contribution < -0.4 is 9.47 Å². The number of aryl methyl sites for hydroxylation is 1. The number of ketones is 1. The lowest BCUT2D eigenvalue weighted by molar-refractivity contribution is 0.0950. The number of hydrogen-bond acceptors (Lipinski definition) is 5. The normalized spacial score (nSPS) is 16.7. The van der Waals surface area contributed by atoms with Crippen molar-refractivity contribution in [2.75, 3.05) is 13.3 Å². The molecule has 3 heterocycles. The molecule has 4 nitrogen and oxygen atoms in total. The summed E-state index contributed by atoms with van der Waals surface area (Å²) in [4.78, 5) is 16.1. The highest BCUT2D eigenvalue weighted by Gasteiger charge is 2.33. The van der Waals surface area contributed by atoms with Crippen LogP contribution in [-0.4, -0.2) is 24.0 Å². The van der Waals surface area contributed by atoms with Crippen LogP contribution in [-0.2, 0) is 13.0 Å². The highest BCUT2D eigenvalue weighted by molar-refractivity contribution is 7.11. The number of hydrogen-bond donors (Lipinski definition) is 0. The second kappa shape index (κ2) is 8.32. The Kier molecular flexibility index (Phi) is 5.52. The molecule has 0 fully saturated rings. The Morgan fingerprint density at radius 1 is 1.19 bits per heavy atom. The molecule has 2 aliphatic heterocycles. The summed E-state index contributed by atoms with van der Waals surface area (Å²) >= 11 is 13.9. The molecular weight excluding hydrogens is 453 g/mol. The minimum atomic E-state index is -0.0873. The molecule has 31 heavy (non-hydrogen) atoms. The van der Waals surface area contributed by atoms with Crippen LogP contribution in [0.15, 0.2) is 47.5 Å². The number of carbonyl (C=O) groups excluding carboxylic acids is 1. The number of rotatable bonds is 4. The van der Waals surface area contributed by atoms with Crippen LogP contribution >= 0.6 is 34.5 Å². The van der Waals surface area contributed by atoms with Gasteiger partial charge in [0, 0.05) is 34.1 Å². The van der Waals surface area contributed by atoms with E-state index < -0.39 is 0 Å². The summed E-state index contributed by atoms with van der Waals surface area (Å²) in [5.74, 6) is 1.65. The van der Waals surface area contributed by atoms with Gasteiger partial charge in [0.15, 0.2) is 5.76 Å². The molecule has 1 aromatic heterocycles. The van der Waals surface area contributed by atoms with Crippen molar-refractivity contribution in [3.8, 4) is 11.5 Å². The largest absolute Gasteiger partial charge is 0.478 e. The summed E-state index contributed by atoms with van der Waals surface area (Å²) in [7, 11) is 0. The summed E-state index contributed by atoms with van der Waals surface area (Å²) in [6, 6.07) is 11.2. The van der Waals surface area contributed by atoms with Gasteiger partial charge in [0.1, 0.15) is 18.2 Å². The summed E-state index contributed by atoms with van der Waals surface area (Å²) in [5.41, 5.74) is 3.66. The zero-order valence-electron chi connectivity index (χ0n) is 16.8. The third-order valence-electron chi connectivity index (χ3n) is 5.56. The van der Waals surface area contributed by atoms with Crippen molar-refractivity contribution in [2.45, 2.75) is 19.9 Å². The van der Waals surface area contributed by atoms with E-state index in [1.54, 1.807) is 23.5 Å². The van der Waals surface area contributed by atoms with E-state index in [-0.39, 0.29) is 5.78 Å². The van der Waals surface area contributed by atoms with E-state index in [9.17, 15) is 4.79 Å². The van der Waals surface area contributed by atoms with Crippen molar-refractivity contribution in [3.05, 3.63) is 84.7 Å². The third kappa shape index (κ3) is 3.99. The van der Waals surface area contributed by atoms with Gasteiger partial charge in [0.25, 0.3) is 0 Å². The number of Topliss-reactive ketones (excluding diaryl/α,β-unsaturated/α-hetero) is 1. The Morgan fingerprint density at radius 3 is 2.84 bits per heavy atom. The fourth-order valence-electron chi connectivity index (χ4n) is 3.80. The molecule has 158 valence electrons. The first-order valence-corrected chi connectivity index (χ1v) is 11.6. The molecule has 0 aliphatic carbocycles. The highest BCUT2D eigenvalue weighted by atomic mass is 35.5. The average molecular weight is 472 g/mol. The van der Waals surface area contributed by atoms with Crippen molar-refractivity contribution < 1.29 is 14.3 Å². The Labute approximate surface area is 194 Å². The molecule has 3 aromatic rings. The Morgan fingerprint density at radius 2 is 2.06 bits per heavy atom. The summed E-state index contributed by atoms with van der Waals surface area (Å²) in [5, 5.41) is 3.30. The molecule has 0 unspecified atom stereocenters. The van der Waals surface area contributed by atoms with Gasteiger partial charge in [0.05, 0.1) is 11.1 Å². The molecule has 2 aromatic carbocycles. The van der Waals surface area contributed by atoms with Crippen LogP contribution in [0.1, 0.15) is 31.9 Å². The number of fused-ring (bicyclic) bond motifs is 3. The Balaban J connectivity index is 1.36. The van der Waals surface area contributed by atoms with Gasteiger partial charge in [-0.25, -0.2) is 0 Å². The first-order valence-electron chi connectivity index (χ1n) is 9.93. The molecular formula is C24H19Cl2NO3S.